The molecule has 0 heterocycles. The average molecular weight is 184 g/mol. The van der Waals surface area contributed by atoms with Gasteiger partial charge >= 0.3 is 5.97 Å². The summed E-state index contributed by atoms with van der Waals surface area (Å²) >= 11 is 0. The second-order valence-corrected chi connectivity index (χ2v) is 3.63. The standard InChI is InChI=1S/C8H14.C3H6O2/c1-7-4-3-5-8(2)6-7;1-3(4)5-2/h4,8H,3,5-6H2,1-2H3;1-2H3. The van der Waals surface area contributed by atoms with Gasteiger partial charge in [0.15, 0.2) is 0 Å². The number of allylic oxidation sites excluding steroid dienone is 2. The number of esters is 1. The van der Waals surface area contributed by atoms with E-state index < -0.39 is 0 Å². The zero-order valence-corrected chi connectivity index (χ0v) is 9.09. The molecule has 1 rings (SSSR count). The van der Waals surface area contributed by atoms with E-state index in [1.807, 2.05) is 0 Å². The topological polar surface area (TPSA) is 26.3 Å². The van der Waals surface area contributed by atoms with Gasteiger partial charge in [0.2, 0.25) is 0 Å². The fourth-order valence-corrected chi connectivity index (χ4v) is 1.35. The molecule has 0 spiro atoms. The molecule has 1 atom stereocenters. The predicted octanol–water partition coefficient (Wildman–Crippen LogP) is 2.93. The van der Waals surface area contributed by atoms with Crippen LogP contribution in [-0.2, 0) is 9.53 Å². The van der Waals surface area contributed by atoms with Crippen molar-refractivity contribution < 1.29 is 9.53 Å². The number of methoxy groups -OCH3 is 1. The third-order valence-corrected chi connectivity index (χ3v) is 2.11. The minimum atomic E-state index is -0.245. The lowest BCUT2D eigenvalue weighted by Gasteiger charge is -2.15. The quantitative estimate of drug-likeness (QED) is 0.427. The van der Waals surface area contributed by atoms with Crippen molar-refractivity contribution >= 4 is 5.97 Å². The van der Waals surface area contributed by atoms with E-state index in [-0.39, 0.29) is 5.97 Å². The van der Waals surface area contributed by atoms with E-state index in [4.69, 9.17) is 0 Å². The summed E-state index contributed by atoms with van der Waals surface area (Å²) in [4.78, 5) is 9.59. The highest BCUT2D eigenvalue weighted by molar-refractivity contribution is 5.65. The number of rotatable bonds is 0. The molecule has 0 aromatic heterocycles. The lowest BCUT2D eigenvalue weighted by atomic mass is 9.91. The van der Waals surface area contributed by atoms with Gasteiger partial charge in [0.1, 0.15) is 0 Å². The Labute approximate surface area is 81.0 Å². The SMILES string of the molecule is CC1=CCCC(C)C1.COC(C)=O. The highest BCUT2D eigenvalue weighted by Crippen LogP contribution is 2.22. The highest BCUT2D eigenvalue weighted by Gasteiger charge is 2.05. The Balaban J connectivity index is 0.000000252. The molecule has 2 nitrogen and oxygen atoms in total. The van der Waals surface area contributed by atoms with Crippen LogP contribution in [-0.4, -0.2) is 13.1 Å². The molecule has 1 aliphatic carbocycles. The van der Waals surface area contributed by atoms with Crippen LogP contribution in [0.15, 0.2) is 11.6 Å². The molecule has 0 radical (unpaired) electrons. The van der Waals surface area contributed by atoms with Crippen LogP contribution in [0, 0.1) is 5.92 Å². The molecule has 0 aliphatic heterocycles. The fourth-order valence-electron chi connectivity index (χ4n) is 1.35. The first kappa shape index (κ1) is 12.2. The molecular formula is C11H20O2. The molecule has 1 aliphatic rings. The molecule has 2 heteroatoms. The summed E-state index contributed by atoms with van der Waals surface area (Å²) in [6.07, 6.45) is 6.41. The molecule has 0 aromatic carbocycles. The molecule has 0 N–H and O–H groups in total. The van der Waals surface area contributed by atoms with Gasteiger partial charge in [0, 0.05) is 6.92 Å². The monoisotopic (exact) mass is 184 g/mol. The Morgan fingerprint density at radius 2 is 2.15 bits per heavy atom. The van der Waals surface area contributed by atoms with Crippen LogP contribution in [0.3, 0.4) is 0 Å². The molecule has 0 saturated heterocycles. The molecule has 0 aromatic rings. The Morgan fingerprint density at radius 3 is 2.38 bits per heavy atom. The van der Waals surface area contributed by atoms with Crippen molar-refractivity contribution in [1.82, 2.24) is 0 Å². The highest BCUT2D eigenvalue weighted by atomic mass is 16.5. The predicted molar refractivity (Wildman–Crippen MR) is 54.5 cm³/mol. The third-order valence-electron chi connectivity index (χ3n) is 2.11. The summed E-state index contributed by atoms with van der Waals surface area (Å²) in [7, 11) is 1.35. The van der Waals surface area contributed by atoms with Crippen LogP contribution >= 0.6 is 0 Å². The van der Waals surface area contributed by atoms with Gasteiger partial charge < -0.3 is 4.74 Å². The Morgan fingerprint density at radius 1 is 1.62 bits per heavy atom. The molecular weight excluding hydrogens is 164 g/mol. The van der Waals surface area contributed by atoms with Gasteiger partial charge in [-0.3, -0.25) is 4.79 Å². The lowest BCUT2D eigenvalue weighted by Crippen LogP contribution is -1.99. The maximum atomic E-state index is 9.59. The first-order chi connectivity index (χ1) is 6.06. The Kier molecular flexibility index (Phi) is 6.29. The minimum Gasteiger partial charge on any atom is -0.469 e. The van der Waals surface area contributed by atoms with Crippen LogP contribution in [0.25, 0.3) is 0 Å². The average Bonchev–Trinajstić information content (AvgIpc) is 2.05. The van der Waals surface area contributed by atoms with Crippen LogP contribution in [0.1, 0.15) is 40.0 Å². The van der Waals surface area contributed by atoms with E-state index in [2.05, 4.69) is 24.7 Å². The Bertz CT molecular complexity index is 183. The molecule has 0 fully saturated rings. The van der Waals surface area contributed by atoms with Crippen molar-refractivity contribution in [2.24, 2.45) is 5.92 Å². The second kappa shape index (κ2) is 6.70. The van der Waals surface area contributed by atoms with E-state index in [0.717, 1.165) is 5.92 Å². The van der Waals surface area contributed by atoms with E-state index >= 15 is 0 Å². The van der Waals surface area contributed by atoms with Crippen molar-refractivity contribution in [3.63, 3.8) is 0 Å². The van der Waals surface area contributed by atoms with Crippen molar-refractivity contribution in [1.29, 1.82) is 0 Å². The van der Waals surface area contributed by atoms with E-state index in [1.165, 1.54) is 33.3 Å². The van der Waals surface area contributed by atoms with Crippen LogP contribution in [0.5, 0.6) is 0 Å². The number of carbonyl (C=O) groups excluding carboxylic acids is 1. The number of ether oxygens (including phenoxy) is 1. The summed E-state index contributed by atoms with van der Waals surface area (Å²) in [5.74, 6) is 0.699. The maximum Gasteiger partial charge on any atom is 0.302 e. The summed E-state index contributed by atoms with van der Waals surface area (Å²) < 4.78 is 4.11. The molecule has 0 saturated carbocycles. The van der Waals surface area contributed by atoms with Gasteiger partial charge in [-0.2, -0.15) is 0 Å². The summed E-state index contributed by atoms with van der Waals surface area (Å²) in [5, 5.41) is 0. The van der Waals surface area contributed by atoms with Gasteiger partial charge in [-0.1, -0.05) is 18.6 Å². The van der Waals surface area contributed by atoms with Crippen molar-refractivity contribution in [2.75, 3.05) is 7.11 Å². The fraction of sp³-hybridized carbons (Fsp3) is 0.727. The summed E-state index contributed by atoms with van der Waals surface area (Å²) in [6, 6.07) is 0. The Hall–Kier alpha value is -0.790. The minimum absolute atomic E-state index is 0.245. The van der Waals surface area contributed by atoms with E-state index in [0.29, 0.717) is 0 Å². The van der Waals surface area contributed by atoms with Crippen molar-refractivity contribution in [3.8, 4) is 0 Å². The summed E-state index contributed by atoms with van der Waals surface area (Å²) in [5.41, 5.74) is 1.59. The third kappa shape index (κ3) is 7.57. The molecule has 0 amide bonds. The van der Waals surface area contributed by atoms with Gasteiger partial charge in [-0.05, 0) is 32.1 Å². The normalized spacial score (nSPS) is 20.9. The first-order valence-corrected chi connectivity index (χ1v) is 4.76. The van der Waals surface area contributed by atoms with Crippen molar-refractivity contribution in [2.45, 2.75) is 40.0 Å². The zero-order chi connectivity index (χ0) is 10.3. The van der Waals surface area contributed by atoms with Gasteiger partial charge in [0.05, 0.1) is 7.11 Å². The van der Waals surface area contributed by atoms with E-state index in [1.54, 1.807) is 5.57 Å². The van der Waals surface area contributed by atoms with Crippen LogP contribution in [0.4, 0.5) is 0 Å². The maximum absolute atomic E-state index is 9.59. The molecule has 0 bridgehead atoms. The zero-order valence-electron chi connectivity index (χ0n) is 9.09. The van der Waals surface area contributed by atoms with Gasteiger partial charge in [-0.15, -0.1) is 0 Å². The van der Waals surface area contributed by atoms with Crippen LogP contribution < -0.4 is 0 Å². The second-order valence-electron chi connectivity index (χ2n) is 3.63. The van der Waals surface area contributed by atoms with Crippen molar-refractivity contribution in [3.05, 3.63) is 11.6 Å². The summed E-state index contributed by atoms with van der Waals surface area (Å²) in [6.45, 7) is 5.92. The first-order valence-electron chi connectivity index (χ1n) is 4.76. The molecule has 76 valence electrons. The van der Waals surface area contributed by atoms with E-state index in [9.17, 15) is 4.79 Å². The van der Waals surface area contributed by atoms with Gasteiger partial charge in [0.25, 0.3) is 0 Å². The van der Waals surface area contributed by atoms with Gasteiger partial charge in [-0.25, -0.2) is 0 Å². The largest absolute Gasteiger partial charge is 0.469 e. The number of hydrogen-bond donors (Lipinski definition) is 0. The smallest absolute Gasteiger partial charge is 0.302 e. The number of hydrogen-bond acceptors (Lipinski definition) is 2. The number of carbonyl (C=O) groups is 1. The molecule has 1 unspecified atom stereocenters. The van der Waals surface area contributed by atoms with Crippen LogP contribution in [0.2, 0.25) is 0 Å². The lowest BCUT2D eigenvalue weighted by molar-refractivity contribution is -0.137. The molecule has 13 heavy (non-hydrogen) atoms.